The first-order chi connectivity index (χ1) is 6.88. The fraction of sp³-hybridized carbons (Fsp3) is 0.833. The molecular weight excluding hydrogens is 174 g/mol. The van der Waals surface area contributed by atoms with Crippen molar-refractivity contribution in [2.24, 2.45) is 5.73 Å². The summed E-state index contributed by atoms with van der Waals surface area (Å²) in [5, 5.41) is 0. The van der Waals surface area contributed by atoms with Crippen LogP contribution >= 0.6 is 0 Å². The molecule has 0 aromatic heterocycles. The molecule has 14 heavy (non-hydrogen) atoms. The van der Waals surface area contributed by atoms with Gasteiger partial charge in [0.2, 0.25) is 0 Å². The van der Waals surface area contributed by atoms with Gasteiger partial charge in [-0.1, -0.05) is 11.6 Å². The third-order valence-electron chi connectivity index (χ3n) is 3.37. The van der Waals surface area contributed by atoms with Crippen molar-refractivity contribution in [3.63, 3.8) is 0 Å². The molecule has 1 heterocycles. The highest BCUT2D eigenvalue weighted by atomic mass is 16.5. The summed E-state index contributed by atoms with van der Waals surface area (Å²) in [5.74, 6) is 0. The number of nitrogens with two attached hydrogens (primary N) is 1. The van der Waals surface area contributed by atoms with E-state index in [0.29, 0.717) is 6.10 Å². The van der Waals surface area contributed by atoms with Crippen LogP contribution in [0.5, 0.6) is 0 Å². The Balaban J connectivity index is 1.91. The molecule has 80 valence electrons. The third kappa shape index (κ3) is 2.37. The average molecular weight is 195 g/mol. The van der Waals surface area contributed by atoms with Crippen molar-refractivity contribution in [3.05, 3.63) is 11.6 Å². The molecule has 1 aliphatic heterocycles. The minimum atomic E-state index is 0.176. The van der Waals surface area contributed by atoms with Gasteiger partial charge in [-0.15, -0.1) is 0 Å². The van der Waals surface area contributed by atoms with Gasteiger partial charge in [0.1, 0.15) is 0 Å². The molecule has 1 saturated heterocycles. The zero-order valence-corrected chi connectivity index (χ0v) is 8.87. The predicted molar refractivity (Wildman–Crippen MR) is 58.1 cm³/mol. The van der Waals surface area contributed by atoms with E-state index in [0.717, 1.165) is 13.0 Å². The van der Waals surface area contributed by atoms with E-state index >= 15 is 0 Å². The molecule has 1 aliphatic carbocycles. The van der Waals surface area contributed by atoms with E-state index in [9.17, 15) is 0 Å². The maximum atomic E-state index is 6.23. The Morgan fingerprint density at radius 3 is 2.86 bits per heavy atom. The number of allylic oxidation sites excluding steroid dienone is 1. The first-order valence-electron chi connectivity index (χ1n) is 5.94. The molecule has 0 amide bonds. The molecule has 2 rings (SSSR count). The van der Waals surface area contributed by atoms with Gasteiger partial charge in [-0.25, -0.2) is 0 Å². The minimum Gasteiger partial charge on any atom is -0.376 e. The van der Waals surface area contributed by atoms with Crippen molar-refractivity contribution in [2.75, 3.05) is 6.61 Å². The Bertz CT molecular complexity index is 206. The number of rotatable bonds is 2. The normalized spacial score (nSPS) is 30.9. The molecule has 0 saturated carbocycles. The Labute approximate surface area is 86.5 Å². The molecule has 0 bridgehead atoms. The van der Waals surface area contributed by atoms with Crippen LogP contribution in [0.15, 0.2) is 11.6 Å². The Kier molecular flexibility index (Phi) is 3.60. The average Bonchev–Trinajstić information content (AvgIpc) is 2.30. The van der Waals surface area contributed by atoms with Crippen LogP contribution in [0.2, 0.25) is 0 Å². The fourth-order valence-electron chi connectivity index (χ4n) is 2.45. The molecule has 0 spiro atoms. The molecule has 0 radical (unpaired) electrons. The van der Waals surface area contributed by atoms with Crippen molar-refractivity contribution in [3.8, 4) is 0 Å². The van der Waals surface area contributed by atoms with Crippen LogP contribution in [0.25, 0.3) is 0 Å². The third-order valence-corrected chi connectivity index (χ3v) is 3.37. The number of hydrogen-bond donors (Lipinski definition) is 1. The summed E-state index contributed by atoms with van der Waals surface area (Å²) in [6.07, 6.45) is 11.3. The van der Waals surface area contributed by atoms with E-state index in [1.807, 2.05) is 0 Å². The zero-order chi connectivity index (χ0) is 9.80. The first kappa shape index (κ1) is 10.2. The fourth-order valence-corrected chi connectivity index (χ4v) is 2.45. The predicted octanol–water partition coefficient (Wildman–Crippen LogP) is 2.38. The lowest BCUT2D eigenvalue weighted by Crippen LogP contribution is -2.40. The summed E-state index contributed by atoms with van der Waals surface area (Å²) >= 11 is 0. The van der Waals surface area contributed by atoms with Crippen molar-refractivity contribution in [1.29, 1.82) is 0 Å². The van der Waals surface area contributed by atoms with Crippen molar-refractivity contribution in [1.82, 2.24) is 0 Å². The van der Waals surface area contributed by atoms with Gasteiger partial charge < -0.3 is 10.5 Å². The molecule has 2 nitrogen and oxygen atoms in total. The van der Waals surface area contributed by atoms with E-state index in [1.54, 1.807) is 0 Å². The SMILES string of the molecule is NC(C1=CCCCC1)C1CCCCO1. The highest BCUT2D eigenvalue weighted by Gasteiger charge is 2.24. The smallest absolute Gasteiger partial charge is 0.0764 e. The summed E-state index contributed by atoms with van der Waals surface area (Å²) < 4.78 is 5.73. The van der Waals surface area contributed by atoms with Crippen LogP contribution in [0.4, 0.5) is 0 Å². The van der Waals surface area contributed by atoms with Crippen LogP contribution in [-0.4, -0.2) is 18.8 Å². The van der Waals surface area contributed by atoms with Crippen molar-refractivity contribution in [2.45, 2.75) is 57.1 Å². The highest BCUT2D eigenvalue weighted by molar-refractivity contribution is 5.14. The second kappa shape index (κ2) is 4.94. The molecular formula is C12H21NO. The minimum absolute atomic E-state index is 0.176. The van der Waals surface area contributed by atoms with Gasteiger partial charge in [-0.05, 0) is 44.9 Å². The summed E-state index contributed by atoms with van der Waals surface area (Å²) in [6, 6.07) is 0.176. The molecule has 2 N–H and O–H groups in total. The van der Waals surface area contributed by atoms with Crippen LogP contribution in [-0.2, 0) is 4.74 Å². The van der Waals surface area contributed by atoms with E-state index in [-0.39, 0.29) is 6.04 Å². The summed E-state index contributed by atoms with van der Waals surface area (Å²) in [6.45, 7) is 0.908. The highest BCUT2D eigenvalue weighted by Crippen LogP contribution is 2.25. The van der Waals surface area contributed by atoms with Gasteiger partial charge in [-0.2, -0.15) is 0 Å². The maximum Gasteiger partial charge on any atom is 0.0764 e. The number of ether oxygens (including phenoxy) is 1. The summed E-state index contributed by atoms with van der Waals surface area (Å²) in [5.41, 5.74) is 7.68. The van der Waals surface area contributed by atoms with Crippen molar-refractivity contribution < 1.29 is 4.74 Å². The number of hydrogen-bond acceptors (Lipinski definition) is 2. The Hall–Kier alpha value is -0.340. The van der Waals surface area contributed by atoms with Crippen molar-refractivity contribution >= 4 is 0 Å². The summed E-state index contributed by atoms with van der Waals surface area (Å²) in [4.78, 5) is 0. The monoisotopic (exact) mass is 195 g/mol. The van der Waals surface area contributed by atoms with Crippen LogP contribution < -0.4 is 5.73 Å². The van der Waals surface area contributed by atoms with Gasteiger partial charge in [0.15, 0.2) is 0 Å². The van der Waals surface area contributed by atoms with E-state index in [1.165, 1.54) is 44.1 Å². The molecule has 2 aliphatic rings. The molecule has 1 fully saturated rings. The largest absolute Gasteiger partial charge is 0.376 e. The molecule has 2 unspecified atom stereocenters. The molecule has 2 atom stereocenters. The van der Waals surface area contributed by atoms with Crippen LogP contribution in [0, 0.1) is 0 Å². The van der Waals surface area contributed by atoms with Gasteiger partial charge in [0.25, 0.3) is 0 Å². The van der Waals surface area contributed by atoms with E-state index in [4.69, 9.17) is 10.5 Å². The molecule has 2 heteroatoms. The lowest BCUT2D eigenvalue weighted by Gasteiger charge is -2.30. The van der Waals surface area contributed by atoms with Gasteiger partial charge in [0.05, 0.1) is 12.1 Å². The molecule has 0 aromatic rings. The van der Waals surface area contributed by atoms with Crippen LogP contribution in [0.1, 0.15) is 44.9 Å². The second-order valence-electron chi connectivity index (χ2n) is 4.46. The lowest BCUT2D eigenvalue weighted by molar-refractivity contribution is 0.00641. The topological polar surface area (TPSA) is 35.2 Å². The first-order valence-corrected chi connectivity index (χ1v) is 5.94. The molecule has 0 aromatic carbocycles. The van der Waals surface area contributed by atoms with Gasteiger partial charge in [0, 0.05) is 6.61 Å². The maximum absolute atomic E-state index is 6.23. The Morgan fingerprint density at radius 1 is 1.29 bits per heavy atom. The second-order valence-corrected chi connectivity index (χ2v) is 4.46. The Morgan fingerprint density at radius 2 is 2.21 bits per heavy atom. The zero-order valence-electron chi connectivity index (χ0n) is 8.87. The standard InChI is InChI=1S/C12H21NO/c13-12(10-6-2-1-3-7-10)11-8-4-5-9-14-11/h6,11-12H,1-5,7-9,13H2. The summed E-state index contributed by atoms with van der Waals surface area (Å²) in [7, 11) is 0. The van der Waals surface area contributed by atoms with Gasteiger partial charge in [-0.3, -0.25) is 0 Å². The quantitative estimate of drug-likeness (QED) is 0.687. The lowest BCUT2D eigenvalue weighted by atomic mass is 9.89. The van der Waals surface area contributed by atoms with E-state index in [2.05, 4.69) is 6.08 Å². The van der Waals surface area contributed by atoms with Gasteiger partial charge >= 0.3 is 0 Å². The van der Waals surface area contributed by atoms with E-state index < -0.39 is 0 Å². The van der Waals surface area contributed by atoms with Crippen LogP contribution in [0.3, 0.4) is 0 Å².